The first kappa shape index (κ1) is 19.9. The Hall–Kier alpha value is -3.39. The Labute approximate surface area is 174 Å². The van der Waals surface area contributed by atoms with Gasteiger partial charge in [-0.2, -0.15) is 23.8 Å². The molecule has 1 atom stereocenters. The zero-order valence-corrected chi connectivity index (χ0v) is 16.6. The Morgan fingerprint density at radius 1 is 1.37 bits per heavy atom. The van der Waals surface area contributed by atoms with Crippen molar-refractivity contribution in [2.24, 2.45) is 0 Å². The molecular formula is C19H16F2N6O2S. The highest BCUT2D eigenvalue weighted by atomic mass is 32.1. The van der Waals surface area contributed by atoms with Gasteiger partial charge in [-0.25, -0.2) is 9.97 Å². The molecule has 0 aliphatic heterocycles. The molecule has 1 N–H and O–H groups in total. The molecule has 0 spiro atoms. The van der Waals surface area contributed by atoms with Crippen molar-refractivity contribution in [2.75, 3.05) is 0 Å². The highest BCUT2D eigenvalue weighted by Gasteiger charge is 2.26. The van der Waals surface area contributed by atoms with Gasteiger partial charge < -0.3 is 10.1 Å². The van der Waals surface area contributed by atoms with E-state index in [1.807, 2.05) is 6.07 Å². The number of nitrogens with one attached hydrogen (secondary N) is 1. The van der Waals surface area contributed by atoms with Gasteiger partial charge in [-0.1, -0.05) is 11.3 Å². The van der Waals surface area contributed by atoms with Gasteiger partial charge in [0.1, 0.15) is 23.0 Å². The van der Waals surface area contributed by atoms with E-state index in [4.69, 9.17) is 5.26 Å². The summed E-state index contributed by atoms with van der Waals surface area (Å²) in [7, 11) is 0. The van der Waals surface area contributed by atoms with E-state index in [1.54, 1.807) is 19.1 Å². The Balaban J connectivity index is 1.55. The van der Waals surface area contributed by atoms with Crippen LogP contribution in [0.5, 0.6) is 5.75 Å². The van der Waals surface area contributed by atoms with Crippen molar-refractivity contribution in [3.8, 4) is 17.0 Å². The van der Waals surface area contributed by atoms with Crippen LogP contribution in [-0.2, 0) is 0 Å². The number of aromatic nitrogens is 4. The first-order valence-electron chi connectivity index (χ1n) is 9.11. The van der Waals surface area contributed by atoms with Crippen molar-refractivity contribution in [1.82, 2.24) is 25.1 Å². The molecule has 154 valence electrons. The lowest BCUT2D eigenvalue weighted by Crippen LogP contribution is -2.29. The Bertz CT molecular complexity index is 1120. The molecule has 1 amide bonds. The van der Waals surface area contributed by atoms with Gasteiger partial charge in [0.25, 0.3) is 5.91 Å². The minimum absolute atomic E-state index is 0.0396. The predicted octanol–water partition coefficient (Wildman–Crippen LogP) is 3.57. The summed E-state index contributed by atoms with van der Waals surface area (Å²) >= 11 is 1.15. The third-order valence-corrected chi connectivity index (χ3v) is 5.44. The first-order valence-corrected chi connectivity index (χ1v) is 9.93. The molecule has 0 saturated heterocycles. The minimum Gasteiger partial charge on any atom is -0.435 e. The summed E-state index contributed by atoms with van der Waals surface area (Å²) in [6.07, 6.45) is 4.67. The average molecular weight is 430 g/mol. The number of nitriles is 1. The first-order chi connectivity index (χ1) is 14.4. The molecule has 0 radical (unpaired) electrons. The second-order valence-electron chi connectivity index (χ2n) is 6.79. The highest BCUT2D eigenvalue weighted by Crippen LogP contribution is 2.41. The fourth-order valence-corrected chi connectivity index (χ4v) is 3.71. The number of hydrogen-bond donors (Lipinski definition) is 1. The van der Waals surface area contributed by atoms with Crippen LogP contribution in [0.15, 0.2) is 30.7 Å². The van der Waals surface area contributed by atoms with Crippen LogP contribution in [0.3, 0.4) is 0 Å². The summed E-state index contributed by atoms with van der Waals surface area (Å²) in [6.45, 7) is -1.25. The number of halogens is 2. The lowest BCUT2D eigenvalue weighted by molar-refractivity contribution is -0.0499. The molecule has 1 aliphatic rings. The molecule has 1 fully saturated rings. The van der Waals surface area contributed by atoms with Crippen molar-refractivity contribution in [3.63, 3.8) is 0 Å². The van der Waals surface area contributed by atoms with Crippen LogP contribution < -0.4 is 10.1 Å². The van der Waals surface area contributed by atoms with Gasteiger partial charge in [0.05, 0.1) is 12.2 Å². The van der Waals surface area contributed by atoms with Gasteiger partial charge in [-0.15, -0.1) is 0 Å². The molecule has 8 nitrogen and oxygen atoms in total. The molecule has 0 bridgehead atoms. The summed E-state index contributed by atoms with van der Waals surface area (Å²) in [4.78, 5) is 21.6. The lowest BCUT2D eigenvalue weighted by Gasteiger charge is -2.15. The quantitative estimate of drug-likeness (QED) is 0.614. The van der Waals surface area contributed by atoms with Crippen LogP contribution in [0.1, 0.15) is 58.3 Å². The SMILES string of the molecule is CC(NC(=O)c1cc(OC(F)F)cc(C2CC2)c1)c1ncnn1-c1ncc(C#N)s1. The van der Waals surface area contributed by atoms with Gasteiger partial charge >= 0.3 is 6.61 Å². The number of ether oxygens (including phenoxy) is 1. The molecule has 2 aromatic heterocycles. The summed E-state index contributed by atoms with van der Waals surface area (Å²) < 4.78 is 31.3. The van der Waals surface area contributed by atoms with Crippen molar-refractivity contribution in [3.05, 3.63) is 52.6 Å². The van der Waals surface area contributed by atoms with E-state index in [9.17, 15) is 13.6 Å². The molecule has 2 heterocycles. The molecule has 4 rings (SSSR count). The van der Waals surface area contributed by atoms with E-state index < -0.39 is 18.6 Å². The normalized spacial score (nSPS) is 14.4. The van der Waals surface area contributed by atoms with E-state index in [-0.39, 0.29) is 17.2 Å². The van der Waals surface area contributed by atoms with Crippen LogP contribution >= 0.6 is 11.3 Å². The second-order valence-corrected chi connectivity index (χ2v) is 7.80. The number of hydrogen-bond acceptors (Lipinski definition) is 7. The highest BCUT2D eigenvalue weighted by molar-refractivity contribution is 7.14. The number of amides is 1. The van der Waals surface area contributed by atoms with Crippen LogP contribution in [0.25, 0.3) is 5.13 Å². The second kappa shape index (κ2) is 8.16. The molecule has 1 aromatic carbocycles. The van der Waals surface area contributed by atoms with Gasteiger partial charge in [0.2, 0.25) is 5.13 Å². The van der Waals surface area contributed by atoms with E-state index in [0.29, 0.717) is 15.8 Å². The topological polar surface area (TPSA) is 106 Å². The van der Waals surface area contributed by atoms with Crippen LogP contribution in [0.4, 0.5) is 8.78 Å². The summed E-state index contributed by atoms with van der Waals surface area (Å²) in [5.41, 5.74) is 1.04. The zero-order valence-electron chi connectivity index (χ0n) is 15.7. The number of alkyl halides is 2. The third-order valence-electron chi connectivity index (χ3n) is 4.56. The smallest absolute Gasteiger partial charge is 0.387 e. The number of thiazole rings is 1. The fourth-order valence-electron chi connectivity index (χ4n) is 3.03. The van der Waals surface area contributed by atoms with Crippen LogP contribution in [0.2, 0.25) is 0 Å². The maximum atomic E-state index is 12.8. The van der Waals surface area contributed by atoms with Gasteiger partial charge in [-0.3, -0.25) is 4.79 Å². The van der Waals surface area contributed by atoms with Gasteiger partial charge in [0, 0.05) is 5.56 Å². The standard InChI is InChI=1S/C19H16F2N6O2S/c1-10(16-24-9-25-27(16)19-23-8-15(7-22)30-19)26-17(28)13-4-12(11-2-3-11)5-14(6-13)29-18(20)21/h4-6,8-11,18H,2-3H2,1H3,(H,26,28). The largest absolute Gasteiger partial charge is 0.435 e. The summed E-state index contributed by atoms with van der Waals surface area (Å²) in [6, 6.07) is 6.00. The summed E-state index contributed by atoms with van der Waals surface area (Å²) in [5, 5.41) is 16.3. The average Bonchev–Trinajstić information content (AvgIpc) is 3.25. The molecule has 30 heavy (non-hydrogen) atoms. The molecular weight excluding hydrogens is 414 g/mol. The Morgan fingerprint density at radius 2 is 2.17 bits per heavy atom. The number of benzene rings is 1. The van der Waals surface area contributed by atoms with E-state index in [2.05, 4.69) is 25.1 Å². The molecule has 1 saturated carbocycles. The Kier molecular flexibility index (Phi) is 5.41. The van der Waals surface area contributed by atoms with E-state index in [1.165, 1.54) is 23.3 Å². The third kappa shape index (κ3) is 4.28. The van der Waals surface area contributed by atoms with Crippen molar-refractivity contribution >= 4 is 17.2 Å². The van der Waals surface area contributed by atoms with Crippen molar-refractivity contribution in [1.29, 1.82) is 5.26 Å². The number of carbonyl (C=O) groups excluding carboxylic acids is 1. The zero-order chi connectivity index (χ0) is 21.3. The monoisotopic (exact) mass is 430 g/mol. The van der Waals surface area contributed by atoms with Gasteiger partial charge in [0.15, 0.2) is 5.82 Å². The number of rotatable bonds is 7. The number of carbonyl (C=O) groups is 1. The van der Waals surface area contributed by atoms with Crippen molar-refractivity contribution < 1.29 is 18.3 Å². The van der Waals surface area contributed by atoms with Crippen LogP contribution in [-0.4, -0.2) is 32.3 Å². The molecule has 1 unspecified atom stereocenters. The Morgan fingerprint density at radius 3 is 2.83 bits per heavy atom. The fraction of sp³-hybridized carbons (Fsp3) is 0.316. The van der Waals surface area contributed by atoms with E-state index >= 15 is 0 Å². The summed E-state index contributed by atoms with van der Waals surface area (Å²) in [5.74, 6) is 0.194. The predicted molar refractivity (Wildman–Crippen MR) is 103 cm³/mol. The number of nitrogens with zero attached hydrogens (tertiary/aromatic N) is 5. The van der Waals surface area contributed by atoms with Crippen LogP contribution in [0, 0.1) is 11.3 Å². The maximum absolute atomic E-state index is 12.8. The molecule has 1 aliphatic carbocycles. The minimum atomic E-state index is -2.97. The van der Waals surface area contributed by atoms with E-state index in [0.717, 1.165) is 29.7 Å². The lowest BCUT2D eigenvalue weighted by atomic mass is 10.1. The molecule has 3 aromatic rings. The van der Waals surface area contributed by atoms with Gasteiger partial charge in [-0.05, 0) is 49.4 Å². The molecule has 11 heteroatoms. The van der Waals surface area contributed by atoms with Crippen molar-refractivity contribution in [2.45, 2.75) is 38.3 Å². The maximum Gasteiger partial charge on any atom is 0.387 e.